The standard InChI is InChI=1S/C39H42FN5O9/c1-2-43-22-30(35(48)49)34(47)29-18-31(40)33(19-32(29)43)44-14-16-45(17-15-44)38(52)54-24-26-8-10-27(11-9-26)42-36(50)39(12-13-39)20-28(46)21-41-37(51)53-23-25-6-4-3-5-7-25/h3-11,18-19,22,28,46H,2,12-17,20-21,23-24H2,1H3,(H,41,51)(H,42,50)(H,48,49). The molecule has 14 nitrogen and oxygen atoms in total. The summed E-state index contributed by atoms with van der Waals surface area (Å²) in [5, 5.41) is 25.4. The third-order valence-electron chi connectivity index (χ3n) is 9.83. The molecule has 4 aromatic rings. The number of aromatic nitrogens is 1. The molecule has 1 aromatic heterocycles. The Labute approximate surface area is 310 Å². The van der Waals surface area contributed by atoms with Gasteiger partial charge in [-0.1, -0.05) is 42.5 Å². The molecule has 1 saturated carbocycles. The van der Waals surface area contributed by atoms with E-state index in [1.165, 1.54) is 11.1 Å². The number of benzene rings is 3. The Morgan fingerprint density at radius 1 is 0.926 bits per heavy atom. The monoisotopic (exact) mass is 743 g/mol. The van der Waals surface area contributed by atoms with Gasteiger partial charge in [0.2, 0.25) is 11.3 Å². The number of ether oxygens (including phenoxy) is 2. The Hall–Kier alpha value is -5.96. The molecule has 1 unspecified atom stereocenters. The van der Waals surface area contributed by atoms with Gasteiger partial charge in [-0.15, -0.1) is 0 Å². The van der Waals surface area contributed by atoms with Gasteiger partial charge in [-0.05, 0) is 61.6 Å². The average molecular weight is 744 g/mol. The molecule has 0 radical (unpaired) electrons. The maximum absolute atomic E-state index is 15.3. The highest BCUT2D eigenvalue weighted by molar-refractivity contribution is 5.97. The number of halogens is 1. The number of aliphatic hydroxyl groups excluding tert-OH is 1. The molecule has 2 aliphatic rings. The van der Waals surface area contributed by atoms with Gasteiger partial charge in [0.05, 0.1) is 22.7 Å². The van der Waals surface area contributed by atoms with Crippen LogP contribution in [0, 0.1) is 11.2 Å². The Morgan fingerprint density at radius 3 is 2.24 bits per heavy atom. The molecule has 0 bridgehead atoms. The maximum atomic E-state index is 15.3. The first-order valence-corrected chi connectivity index (χ1v) is 17.8. The summed E-state index contributed by atoms with van der Waals surface area (Å²) in [6, 6.07) is 18.7. The highest BCUT2D eigenvalue weighted by atomic mass is 19.1. The largest absolute Gasteiger partial charge is 0.477 e. The number of fused-ring (bicyclic) bond motifs is 1. The van der Waals surface area contributed by atoms with Crippen molar-refractivity contribution in [2.75, 3.05) is 42.9 Å². The molecule has 4 N–H and O–H groups in total. The average Bonchev–Trinajstić information content (AvgIpc) is 3.97. The van der Waals surface area contributed by atoms with Crippen LogP contribution in [0.5, 0.6) is 0 Å². The highest BCUT2D eigenvalue weighted by Gasteiger charge is 2.50. The predicted octanol–water partition coefficient (Wildman–Crippen LogP) is 4.71. The third kappa shape index (κ3) is 8.80. The van der Waals surface area contributed by atoms with Crippen LogP contribution in [0.2, 0.25) is 0 Å². The number of carboxylic acids is 1. The second-order valence-corrected chi connectivity index (χ2v) is 13.5. The number of aryl methyl sites for hydroxylation is 1. The number of aliphatic hydroxyl groups is 1. The Balaban J connectivity index is 0.940. The van der Waals surface area contributed by atoms with Crippen molar-refractivity contribution in [3.8, 4) is 0 Å². The fourth-order valence-electron chi connectivity index (χ4n) is 6.54. The molecule has 1 saturated heterocycles. The van der Waals surface area contributed by atoms with E-state index in [0.29, 0.717) is 49.2 Å². The number of carboxylic acid groups (broad SMARTS) is 1. The number of nitrogens with zero attached hydrogens (tertiary/aromatic N) is 3. The fraction of sp³-hybridized carbons (Fsp3) is 0.359. The van der Waals surface area contributed by atoms with E-state index in [1.54, 1.807) is 46.7 Å². The number of hydrogen-bond acceptors (Lipinski definition) is 9. The number of aromatic carboxylic acids is 1. The Bertz CT molecular complexity index is 2080. The molecule has 1 atom stereocenters. The summed E-state index contributed by atoms with van der Waals surface area (Å²) in [6.07, 6.45) is 0.573. The summed E-state index contributed by atoms with van der Waals surface area (Å²) >= 11 is 0. The van der Waals surface area contributed by atoms with Gasteiger partial charge in [-0.2, -0.15) is 0 Å². The summed E-state index contributed by atoms with van der Waals surface area (Å²) in [6.45, 7) is 3.39. The quantitative estimate of drug-likeness (QED) is 0.150. The summed E-state index contributed by atoms with van der Waals surface area (Å²) in [5.74, 6) is -2.25. The lowest BCUT2D eigenvalue weighted by Crippen LogP contribution is -2.49. The van der Waals surface area contributed by atoms with E-state index < -0.39 is 46.5 Å². The van der Waals surface area contributed by atoms with Crippen LogP contribution in [0.15, 0.2) is 77.7 Å². The molecule has 3 amide bonds. The van der Waals surface area contributed by atoms with E-state index >= 15 is 4.39 Å². The number of carbonyl (C=O) groups is 4. The number of alkyl carbamates (subject to hydrolysis) is 1. The van der Waals surface area contributed by atoms with Gasteiger partial charge in [0.25, 0.3) is 0 Å². The van der Waals surface area contributed by atoms with E-state index in [4.69, 9.17) is 9.47 Å². The van der Waals surface area contributed by atoms with Crippen molar-refractivity contribution in [2.24, 2.45) is 5.41 Å². The Morgan fingerprint density at radius 2 is 1.59 bits per heavy atom. The summed E-state index contributed by atoms with van der Waals surface area (Å²) < 4.78 is 27.5. The minimum atomic E-state index is -1.37. The molecule has 54 heavy (non-hydrogen) atoms. The van der Waals surface area contributed by atoms with E-state index in [0.717, 1.165) is 11.6 Å². The molecule has 1 aliphatic carbocycles. The lowest BCUT2D eigenvalue weighted by molar-refractivity contribution is -0.122. The first-order chi connectivity index (χ1) is 26.0. The summed E-state index contributed by atoms with van der Waals surface area (Å²) in [4.78, 5) is 65.5. The lowest BCUT2D eigenvalue weighted by atomic mass is 9.97. The van der Waals surface area contributed by atoms with Crippen molar-refractivity contribution in [1.82, 2.24) is 14.8 Å². The zero-order valence-corrected chi connectivity index (χ0v) is 29.8. The molecular formula is C39H42FN5O9. The van der Waals surface area contributed by atoms with Gasteiger partial charge in [-0.3, -0.25) is 9.59 Å². The molecular weight excluding hydrogens is 701 g/mol. The van der Waals surface area contributed by atoms with Gasteiger partial charge in [-0.25, -0.2) is 18.8 Å². The number of hydrogen-bond donors (Lipinski definition) is 4. The van der Waals surface area contributed by atoms with Gasteiger partial charge < -0.3 is 44.7 Å². The van der Waals surface area contributed by atoms with Gasteiger partial charge in [0.1, 0.15) is 24.6 Å². The van der Waals surface area contributed by atoms with Crippen molar-refractivity contribution < 1.29 is 43.3 Å². The first-order valence-electron chi connectivity index (χ1n) is 17.8. The highest BCUT2D eigenvalue weighted by Crippen LogP contribution is 2.50. The molecule has 2 heterocycles. The van der Waals surface area contributed by atoms with Crippen LogP contribution in [0.25, 0.3) is 10.9 Å². The molecule has 15 heteroatoms. The fourth-order valence-corrected chi connectivity index (χ4v) is 6.54. The Kier molecular flexibility index (Phi) is 11.5. The summed E-state index contributed by atoms with van der Waals surface area (Å²) in [5.41, 5.74) is 0.876. The SMILES string of the molecule is CCn1cc(C(=O)O)c(=O)c2cc(F)c(N3CCN(C(=O)OCc4ccc(NC(=O)C5(CC(O)CNC(=O)OCc6ccccc6)CC5)cc4)CC3)cc21. The second kappa shape index (κ2) is 16.4. The number of piperazine rings is 1. The van der Waals surface area contributed by atoms with Crippen LogP contribution < -0.4 is 21.0 Å². The predicted molar refractivity (Wildman–Crippen MR) is 197 cm³/mol. The van der Waals surface area contributed by atoms with E-state index in [2.05, 4.69) is 10.6 Å². The zero-order chi connectivity index (χ0) is 38.4. The molecule has 6 rings (SSSR count). The number of anilines is 2. The number of carbonyl (C=O) groups excluding carboxylic acids is 3. The number of amides is 3. The summed E-state index contributed by atoms with van der Waals surface area (Å²) in [7, 11) is 0. The van der Waals surface area contributed by atoms with Gasteiger partial charge >= 0.3 is 18.2 Å². The van der Waals surface area contributed by atoms with Crippen molar-refractivity contribution >= 4 is 46.3 Å². The van der Waals surface area contributed by atoms with Crippen LogP contribution in [0.4, 0.5) is 25.4 Å². The molecule has 2 fully saturated rings. The number of rotatable bonds is 13. The van der Waals surface area contributed by atoms with Crippen LogP contribution >= 0.6 is 0 Å². The van der Waals surface area contributed by atoms with Crippen LogP contribution in [0.1, 0.15) is 47.7 Å². The topological polar surface area (TPSA) is 180 Å². The number of pyridine rings is 1. The zero-order valence-electron chi connectivity index (χ0n) is 29.8. The lowest BCUT2D eigenvalue weighted by Gasteiger charge is -2.35. The van der Waals surface area contributed by atoms with Gasteiger partial charge in [0, 0.05) is 56.5 Å². The third-order valence-corrected chi connectivity index (χ3v) is 9.83. The first kappa shape index (κ1) is 37.8. The maximum Gasteiger partial charge on any atom is 0.410 e. The van der Waals surface area contributed by atoms with Crippen molar-refractivity contribution in [1.29, 1.82) is 0 Å². The smallest absolute Gasteiger partial charge is 0.410 e. The van der Waals surface area contributed by atoms with Crippen molar-refractivity contribution in [2.45, 2.75) is 52.0 Å². The number of nitrogens with one attached hydrogen (secondary N) is 2. The van der Waals surface area contributed by atoms with E-state index in [1.807, 2.05) is 30.3 Å². The van der Waals surface area contributed by atoms with Gasteiger partial charge in [0.15, 0.2) is 0 Å². The molecule has 0 spiro atoms. The van der Waals surface area contributed by atoms with E-state index in [-0.39, 0.29) is 56.2 Å². The van der Waals surface area contributed by atoms with Crippen LogP contribution in [-0.2, 0) is 34.0 Å². The van der Waals surface area contributed by atoms with Crippen molar-refractivity contribution in [3.63, 3.8) is 0 Å². The normalized spacial score (nSPS) is 15.3. The van der Waals surface area contributed by atoms with Crippen LogP contribution in [0.3, 0.4) is 0 Å². The molecule has 3 aromatic carbocycles. The molecule has 284 valence electrons. The molecule has 1 aliphatic heterocycles. The minimum absolute atomic E-state index is 0.00360. The van der Waals surface area contributed by atoms with Crippen LogP contribution in [-0.4, -0.2) is 82.6 Å². The van der Waals surface area contributed by atoms with Crippen molar-refractivity contribution in [3.05, 3.63) is 106 Å². The van der Waals surface area contributed by atoms with E-state index in [9.17, 15) is 34.2 Å². The minimum Gasteiger partial charge on any atom is -0.477 e. The second-order valence-electron chi connectivity index (χ2n) is 13.5.